The van der Waals surface area contributed by atoms with Gasteiger partial charge in [0.1, 0.15) is 0 Å². The van der Waals surface area contributed by atoms with Crippen molar-refractivity contribution in [2.75, 3.05) is 6.54 Å². The molecule has 0 heterocycles. The molecule has 2 aliphatic rings. The lowest BCUT2D eigenvalue weighted by molar-refractivity contribution is 0.144. The largest absolute Gasteiger partial charge is 0.314 e. The zero-order valence-corrected chi connectivity index (χ0v) is 10.4. The van der Waals surface area contributed by atoms with Crippen LogP contribution in [0.2, 0.25) is 0 Å². The van der Waals surface area contributed by atoms with Gasteiger partial charge in [-0.05, 0) is 42.1 Å². The highest BCUT2D eigenvalue weighted by molar-refractivity contribution is 5.15. The molecule has 14 heavy (non-hydrogen) atoms. The fourth-order valence-corrected chi connectivity index (χ4v) is 3.41. The molecule has 3 unspecified atom stereocenters. The lowest BCUT2D eigenvalue weighted by atomic mass is 9.71. The summed E-state index contributed by atoms with van der Waals surface area (Å²) in [7, 11) is 0. The summed E-state index contributed by atoms with van der Waals surface area (Å²) >= 11 is 0. The first kappa shape index (κ1) is 10.5. The second-order valence-electron chi connectivity index (χ2n) is 6.54. The molecule has 3 atom stereocenters. The van der Waals surface area contributed by atoms with E-state index in [0.29, 0.717) is 16.9 Å². The molecule has 1 N–H and O–H groups in total. The molecule has 0 aromatic carbocycles. The van der Waals surface area contributed by atoms with Crippen molar-refractivity contribution in [3.05, 3.63) is 0 Å². The Bertz CT molecular complexity index is 231. The van der Waals surface area contributed by atoms with E-state index in [2.05, 4.69) is 39.9 Å². The van der Waals surface area contributed by atoms with Gasteiger partial charge in [0.25, 0.3) is 0 Å². The third kappa shape index (κ3) is 1.32. The zero-order chi connectivity index (χ0) is 10.6. The summed E-state index contributed by atoms with van der Waals surface area (Å²) in [5.74, 6) is 1.94. The van der Waals surface area contributed by atoms with E-state index >= 15 is 0 Å². The number of rotatable bonds is 3. The first-order chi connectivity index (χ1) is 6.38. The van der Waals surface area contributed by atoms with Gasteiger partial charge in [0.05, 0.1) is 0 Å². The quantitative estimate of drug-likeness (QED) is 0.730. The maximum Gasteiger partial charge on any atom is 0.00104 e. The highest BCUT2D eigenvalue weighted by Crippen LogP contribution is 2.73. The van der Waals surface area contributed by atoms with Crippen molar-refractivity contribution in [3.63, 3.8) is 0 Å². The van der Waals surface area contributed by atoms with Crippen LogP contribution in [0, 0.1) is 22.7 Å². The van der Waals surface area contributed by atoms with Crippen molar-refractivity contribution < 1.29 is 0 Å². The normalized spacial score (nSPS) is 44.1. The Labute approximate surface area is 88.7 Å². The molecule has 2 aliphatic carbocycles. The fraction of sp³-hybridized carbons (Fsp3) is 1.00. The van der Waals surface area contributed by atoms with Crippen LogP contribution in [0.15, 0.2) is 0 Å². The van der Waals surface area contributed by atoms with Gasteiger partial charge in [-0.1, -0.05) is 34.6 Å². The molecule has 0 radical (unpaired) electrons. The first-order valence-electron chi connectivity index (χ1n) is 6.11. The van der Waals surface area contributed by atoms with Crippen LogP contribution in [0.25, 0.3) is 0 Å². The van der Waals surface area contributed by atoms with Crippen LogP contribution in [-0.2, 0) is 0 Å². The Kier molecular flexibility index (Phi) is 2.23. The molecule has 0 aliphatic heterocycles. The Balaban J connectivity index is 1.96. The van der Waals surface area contributed by atoms with Crippen LogP contribution in [0.4, 0.5) is 0 Å². The van der Waals surface area contributed by atoms with Crippen LogP contribution >= 0.6 is 0 Å². The lowest BCUT2D eigenvalue weighted by Crippen LogP contribution is -2.37. The maximum atomic E-state index is 3.60. The molecule has 0 aromatic rings. The number of hydrogen-bond donors (Lipinski definition) is 1. The number of nitrogens with one attached hydrogen (secondary N) is 1. The minimum atomic E-state index is 0.555. The summed E-state index contributed by atoms with van der Waals surface area (Å²) in [6, 6.07) is 0.635. The smallest absolute Gasteiger partial charge is 0.00104 e. The molecule has 0 saturated heterocycles. The van der Waals surface area contributed by atoms with Crippen molar-refractivity contribution in [3.8, 4) is 0 Å². The molecule has 0 aromatic heterocycles. The van der Waals surface area contributed by atoms with Gasteiger partial charge >= 0.3 is 0 Å². The van der Waals surface area contributed by atoms with Crippen molar-refractivity contribution in [2.24, 2.45) is 22.7 Å². The second-order valence-corrected chi connectivity index (χ2v) is 6.54. The Hall–Kier alpha value is -0.0400. The van der Waals surface area contributed by atoms with E-state index < -0.39 is 0 Å². The van der Waals surface area contributed by atoms with Gasteiger partial charge in [-0.2, -0.15) is 0 Å². The van der Waals surface area contributed by atoms with E-state index in [0.717, 1.165) is 11.8 Å². The highest BCUT2D eigenvalue weighted by atomic mass is 14.9. The van der Waals surface area contributed by atoms with E-state index in [4.69, 9.17) is 0 Å². The summed E-state index contributed by atoms with van der Waals surface area (Å²) in [5.41, 5.74) is 1.23. The average molecular weight is 195 g/mol. The predicted octanol–water partition coefficient (Wildman–Crippen LogP) is 3.06. The van der Waals surface area contributed by atoms with Crippen LogP contribution in [0.1, 0.15) is 47.5 Å². The van der Waals surface area contributed by atoms with E-state index in [1.54, 1.807) is 0 Å². The maximum absolute atomic E-state index is 3.60. The third-order valence-corrected chi connectivity index (χ3v) is 5.25. The molecule has 1 heteroatoms. The molecule has 2 fully saturated rings. The molecule has 82 valence electrons. The highest BCUT2D eigenvalue weighted by Gasteiger charge is 2.66. The number of fused-ring (bicyclic) bond motifs is 1. The van der Waals surface area contributed by atoms with Gasteiger partial charge in [0.2, 0.25) is 0 Å². The topological polar surface area (TPSA) is 12.0 Å². The zero-order valence-electron chi connectivity index (χ0n) is 10.4. The van der Waals surface area contributed by atoms with Crippen molar-refractivity contribution >= 4 is 0 Å². The third-order valence-electron chi connectivity index (χ3n) is 5.25. The van der Waals surface area contributed by atoms with Crippen LogP contribution in [-0.4, -0.2) is 12.6 Å². The molecular formula is C13H25N. The van der Waals surface area contributed by atoms with E-state index in [9.17, 15) is 0 Å². The predicted molar refractivity (Wildman–Crippen MR) is 61.2 cm³/mol. The number of hydrogen-bond acceptors (Lipinski definition) is 1. The van der Waals surface area contributed by atoms with Gasteiger partial charge < -0.3 is 5.32 Å². The molecule has 2 saturated carbocycles. The van der Waals surface area contributed by atoms with Crippen molar-refractivity contribution in [1.82, 2.24) is 5.32 Å². The van der Waals surface area contributed by atoms with Gasteiger partial charge in [-0.3, -0.25) is 0 Å². The minimum absolute atomic E-state index is 0.555. The summed E-state index contributed by atoms with van der Waals surface area (Å²) < 4.78 is 0. The lowest BCUT2D eigenvalue weighted by Gasteiger charge is -2.36. The summed E-state index contributed by atoms with van der Waals surface area (Å²) in [5, 5.41) is 3.60. The summed E-state index contributed by atoms with van der Waals surface area (Å²) in [6.45, 7) is 13.2. The van der Waals surface area contributed by atoms with E-state index in [-0.39, 0.29) is 0 Å². The van der Waals surface area contributed by atoms with Gasteiger partial charge in [0, 0.05) is 6.04 Å². The van der Waals surface area contributed by atoms with Crippen molar-refractivity contribution in [2.45, 2.75) is 53.5 Å². The standard InChI is InChI=1S/C13H25N/c1-9(2)14-8-11-6-10-7-13(10,5)12(11,3)4/h9-11,14H,6-8H2,1-5H3. The van der Waals surface area contributed by atoms with E-state index in [1.807, 2.05) is 0 Å². The molecule has 2 rings (SSSR count). The van der Waals surface area contributed by atoms with Crippen LogP contribution in [0.5, 0.6) is 0 Å². The molecule has 0 amide bonds. The fourth-order valence-electron chi connectivity index (χ4n) is 3.41. The Morgan fingerprint density at radius 1 is 1.29 bits per heavy atom. The monoisotopic (exact) mass is 195 g/mol. The molecule has 0 bridgehead atoms. The summed E-state index contributed by atoms with van der Waals surface area (Å²) in [6.07, 6.45) is 2.95. The molecular weight excluding hydrogens is 170 g/mol. The molecule has 0 spiro atoms. The Morgan fingerprint density at radius 3 is 2.36 bits per heavy atom. The van der Waals surface area contributed by atoms with Gasteiger partial charge in [-0.15, -0.1) is 0 Å². The summed E-state index contributed by atoms with van der Waals surface area (Å²) in [4.78, 5) is 0. The van der Waals surface area contributed by atoms with E-state index in [1.165, 1.54) is 19.4 Å². The minimum Gasteiger partial charge on any atom is -0.314 e. The SMILES string of the molecule is CC(C)NCC1CC2CC2(C)C1(C)C. The van der Waals surface area contributed by atoms with Crippen LogP contribution in [0.3, 0.4) is 0 Å². The Morgan fingerprint density at radius 2 is 1.93 bits per heavy atom. The van der Waals surface area contributed by atoms with Gasteiger partial charge in [-0.25, -0.2) is 0 Å². The van der Waals surface area contributed by atoms with Crippen LogP contribution < -0.4 is 5.32 Å². The van der Waals surface area contributed by atoms with Crippen molar-refractivity contribution in [1.29, 1.82) is 0 Å². The second kappa shape index (κ2) is 2.98. The first-order valence-corrected chi connectivity index (χ1v) is 6.11. The van der Waals surface area contributed by atoms with Gasteiger partial charge in [0.15, 0.2) is 0 Å². The average Bonchev–Trinajstić information content (AvgIpc) is 2.66. The molecule has 1 nitrogen and oxygen atoms in total.